The second-order valence-corrected chi connectivity index (χ2v) is 8.11. The van der Waals surface area contributed by atoms with Crippen molar-refractivity contribution in [2.45, 2.75) is 81.9 Å². The van der Waals surface area contributed by atoms with Crippen molar-refractivity contribution >= 4 is 0 Å². The van der Waals surface area contributed by atoms with Crippen LogP contribution in [0, 0.1) is 23.7 Å². The lowest BCUT2D eigenvalue weighted by Gasteiger charge is -2.40. The number of hydrogen-bond donors (Lipinski definition) is 2. The van der Waals surface area contributed by atoms with Crippen LogP contribution in [-0.4, -0.2) is 46.1 Å². The van der Waals surface area contributed by atoms with Crippen LogP contribution in [0.25, 0.3) is 0 Å². The number of rotatable bonds is 6. The molecule has 31 heavy (non-hydrogen) atoms. The predicted molar refractivity (Wildman–Crippen MR) is 82.5 cm³/mol. The van der Waals surface area contributed by atoms with Crippen molar-refractivity contribution in [3.05, 3.63) is 0 Å². The molecule has 0 spiro atoms. The summed E-state index contributed by atoms with van der Waals surface area (Å²) < 4.78 is 157. The van der Waals surface area contributed by atoms with Crippen LogP contribution >= 0.6 is 0 Å². The molecule has 0 amide bonds. The Morgan fingerprint density at radius 3 is 1.48 bits per heavy atom. The van der Waals surface area contributed by atoms with Gasteiger partial charge in [-0.3, -0.25) is 0 Å². The molecule has 4 atom stereocenters. The number of halogens is 12. The first kappa shape index (κ1) is 28.1. The lowest BCUT2D eigenvalue weighted by molar-refractivity contribution is -0.387. The SMILES string of the molecule is CCC(CC(C)C1CCC(C(O)(C(F)(F)F)C(F)(F)F)C1)C(O)(C(F)(F)F)C(F)(F)F. The Morgan fingerprint density at radius 2 is 1.16 bits per heavy atom. The number of hydrogen-bond acceptors (Lipinski definition) is 2. The third-order valence-electron chi connectivity index (χ3n) is 6.34. The van der Waals surface area contributed by atoms with Crippen LogP contribution in [-0.2, 0) is 0 Å². The van der Waals surface area contributed by atoms with Crippen molar-refractivity contribution in [2.24, 2.45) is 23.7 Å². The van der Waals surface area contributed by atoms with Crippen LogP contribution in [0.1, 0.15) is 46.0 Å². The zero-order valence-corrected chi connectivity index (χ0v) is 16.3. The van der Waals surface area contributed by atoms with Gasteiger partial charge in [-0.05, 0) is 43.9 Å². The summed E-state index contributed by atoms with van der Waals surface area (Å²) in [6.07, 6.45) is -28.1. The zero-order chi connectivity index (χ0) is 24.8. The highest BCUT2D eigenvalue weighted by molar-refractivity contribution is 5.04. The minimum Gasteiger partial charge on any atom is -0.373 e. The third kappa shape index (κ3) is 4.88. The van der Waals surface area contributed by atoms with Crippen LogP contribution in [0.2, 0.25) is 0 Å². The Bertz CT molecular complexity index is 576. The molecule has 0 aromatic heterocycles. The molecule has 1 aliphatic rings. The van der Waals surface area contributed by atoms with E-state index in [0.717, 1.165) is 13.8 Å². The first-order valence-electron chi connectivity index (χ1n) is 9.27. The van der Waals surface area contributed by atoms with Crippen molar-refractivity contribution in [1.29, 1.82) is 0 Å². The van der Waals surface area contributed by atoms with E-state index in [0.29, 0.717) is 0 Å². The van der Waals surface area contributed by atoms with Crippen LogP contribution in [0.3, 0.4) is 0 Å². The Morgan fingerprint density at radius 1 is 0.742 bits per heavy atom. The summed E-state index contributed by atoms with van der Waals surface area (Å²) in [5, 5.41) is 19.0. The van der Waals surface area contributed by atoms with Gasteiger partial charge in [0, 0.05) is 11.8 Å². The van der Waals surface area contributed by atoms with Gasteiger partial charge < -0.3 is 10.2 Å². The van der Waals surface area contributed by atoms with E-state index in [1.165, 1.54) is 0 Å². The van der Waals surface area contributed by atoms with E-state index >= 15 is 0 Å². The van der Waals surface area contributed by atoms with Gasteiger partial charge in [-0.2, -0.15) is 52.7 Å². The Balaban J connectivity index is 3.12. The maximum absolute atomic E-state index is 13.1. The van der Waals surface area contributed by atoms with Gasteiger partial charge in [0.1, 0.15) is 0 Å². The molecule has 0 aromatic carbocycles. The molecular weight excluding hydrogens is 464 g/mol. The highest BCUT2D eigenvalue weighted by atomic mass is 19.4. The minimum atomic E-state index is -6.10. The van der Waals surface area contributed by atoms with Crippen LogP contribution in [0.15, 0.2) is 0 Å². The van der Waals surface area contributed by atoms with Gasteiger partial charge >= 0.3 is 24.7 Å². The standard InChI is InChI=1S/C17H22F12O2/c1-3-10(12(30,14(18,19)20)15(21,22)23)6-8(2)9-4-5-11(7-9)13(31,16(24,25)26)17(27,28)29/h8-11,30-31H,3-7H2,1-2H3. The average molecular weight is 486 g/mol. The Kier molecular flexibility index (Phi) is 7.67. The largest absolute Gasteiger partial charge is 0.426 e. The first-order chi connectivity index (χ1) is 13.6. The van der Waals surface area contributed by atoms with Gasteiger partial charge in [0.05, 0.1) is 0 Å². The maximum Gasteiger partial charge on any atom is 0.426 e. The van der Waals surface area contributed by atoms with Gasteiger partial charge in [0.15, 0.2) is 0 Å². The molecule has 1 saturated carbocycles. The van der Waals surface area contributed by atoms with Gasteiger partial charge in [-0.1, -0.05) is 13.8 Å². The molecule has 2 N–H and O–H groups in total. The maximum atomic E-state index is 13.1. The average Bonchev–Trinajstić information content (AvgIpc) is 3.04. The molecule has 0 radical (unpaired) electrons. The van der Waals surface area contributed by atoms with Crippen LogP contribution in [0.5, 0.6) is 0 Å². The monoisotopic (exact) mass is 486 g/mol. The first-order valence-corrected chi connectivity index (χ1v) is 9.27. The van der Waals surface area contributed by atoms with E-state index in [1.54, 1.807) is 0 Å². The van der Waals surface area contributed by atoms with Crippen molar-refractivity contribution in [1.82, 2.24) is 0 Å². The quantitative estimate of drug-likeness (QED) is 0.441. The fraction of sp³-hybridized carbons (Fsp3) is 1.00. The summed E-state index contributed by atoms with van der Waals surface area (Å²) in [7, 11) is 0. The fourth-order valence-electron chi connectivity index (χ4n) is 4.43. The van der Waals surface area contributed by atoms with Gasteiger partial charge in [-0.25, -0.2) is 0 Å². The normalized spacial score (nSPS) is 24.4. The highest BCUT2D eigenvalue weighted by Gasteiger charge is 2.75. The van der Waals surface area contributed by atoms with E-state index in [2.05, 4.69) is 0 Å². The van der Waals surface area contributed by atoms with Crippen molar-refractivity contribution in [3.8, 4) is 0 Å². The smallest absolute Gasteiger partial charge is 0.373 e. The van der Waals surface area contributed by atoms with E-state index in [4.69, 9.17) is 0 Å². The van der Waals surface area contributed by atoms with Gasteiger partial charge in [0.25, 0.3) is 11.2 Å². The summed E-state index contributed by atoms with van der Waals surface area (Å²) in [5.74, 6) is -7.08. The molecule has 0 saturated heterocycles. The second-order valence-electron chi connectivity index (χ2n) is 8.11. The molecule has 1 rings (SSSR count). The molecule has 0 aromatic rings. The van der Waals surface area contributed by atoms with Crippen LogP contribution < -0.4 is 0 Å². The van der Waals surface area contributed by atoms with E-state index in [1.807, 2.05) is 0 Å². The third-order valence-corrected chi connectivity index (χ3v) is 6.34. The van der Waals surface area contributed by atoms with Crippen molar-refractivity contribution in [2.75, 3.05) is 0 Å². The number of aliphatic hydroxyl groups is 2. The van der Waals surface area contributed by atoms with E-state index in [9.17, 15) is 62.9 Å². The second kappa shape index (κ2) is 8.45. The zero-order valence-electron chi connectivity index (χ0n) is 16.3. The van der Waals surface area contributed by atoms with Crippen molar-refractivity contribution < 1.29 is 62.9 Å². The summed E-state index contributed by atoms with van der Waals surface area (Å²) in [5.41, 5.74) is -10.1. The predicted octanol–water partition coefficient (Wildman–Crippen LogP) is 6.17. The summed E-state index contributed by atoms with van der Waals surface area (Å²) in [6, 6.07) is 0. The molecule has 0 aliphatic heterocycles. The van der Waals surface area contributed by atoms with Gasteiger partial charge in [0.2, 0.25) is 0 Å². The molecule has 14 heteroatoms. The molecule has 2 nitrogen and oxygen atoms in total. The van der Waals surface area contributed by atoms with Crippen LogP contribution in [0.4, 0.5) is 52.7 Å². The minimum absolute atomic E-state index is 0.368. The lowest BCUT2D eigenvalue weighted by Crippen LogP contribution is -2.62. The fourth-order valence-corrected chi connectivity index (χ4v) is 4.43. The Hall–Kier alpha value is -0.920. The molecule has 0 heterocycles. The topological polar surface area (TPSA) is 40.5 Å². The molecule has 1 fully saturated rings. The lowest BCUT2D eigenvalue weighted by atomic mass is 9.74. The van der Waals surface area contributed by atoms with E-state index < -0.39 is 85.3 Å². The molecular formula is C17H22F12O2. The number of alkyl halides is 12. The molecule has 1 aliphatic carbocycles. The summed E-state index contributed by atoms with van der Waals surface area (Å²) in [4.78, 5) is 0. The molecule has 186 valence electrons. The Labute approximate surface area is 169 Å². The highest BCUT2D eigenvalue weighted by Crippen LogP contribution is 2.56. The van der Waals surface area contributed by atoms with Crippen molar-refractivity contribution in [3.63, 3.8) is 0 Å². The molecule has 0 bridgehead atoms. The van der Waals surface area contributed by atoms with E-state index in [-0.39, 0.29) is 6.42 Å². The summed E-state index contributed by atoms with van der Waals surface area (Å²) >= 11 is 0. The molecule has 4 unspecified atom stereocenters. The summed E-state index contributed by atoms with van der Waals surface area (Å²) in [6.45, 7) is 2.05. The van der Waals surface area contributed by atoms with Gasteiger partial charge in [-0.15, -0.1) is 0 Å².